The predicted molar refractivity (Wildman–Crippen MR) is 66.8 cm³/mol. The second kappa shape index (κ2) is 4.01. The van der Waals surface area contributed by atoms with Crippen molar-refractivity contribution in [3.8, 4) is 0 Å². The zero-order valence-electron chi connectivity index (χ0n) is 9.57. The first-order valence-corrected chi connectivity index (χ1v) is 8.21. The van der Waals surface area contributed by atoms with Gasteiger partial charge in [0.1, 0.15) is 4.88 Å². The number of hydrogen-bond acceptors (Lipinski definition) is 6. The zero-order valence-corrected chi connectivity index (χ0v) is 11.2. The predicted octanol–water partition coefficient (Wildman–Crippen LogP) is 0.0704. The summed E-state index contributed by atoms with van der Waals surface area (Å²) in [6.45, 7) is 0. The summed E-state index contributed by atoms with van der Waals surface area (Å²) in [5, 5.41) is 11.5. The smallest absolute Gasteiger partial charge is 0.347 e. The molecule has 2 N–H and O–H groups in total. The molecular formula is C10H10N2O5S2. The van der Waals surface area contributed by atoms with Gasteiger partial charge in [-0.2, -0.15) is 0 Å². The number of aromatic carboxylic acids is 1. The molecular weight excluding hydrogens is 292 g/mol. The first-order chi connectivity index (χ1) is 8.87. The Balaban J connectivity index is 1.63. The van der Waals surface area contributed by atoms with E-state index in [2.05, 4.69) is 10.3 Å². The minimum Gasteiger partial charge on any atom is -0.477 e. The first kappa shape index (κ1) is 12.5. The molecule has 1 saturated carbocycles. The van der Waals surface area contributed by atoms with Gasteiger partial charge in [-0.3, -0.25) is 4.79 Å². The molecule has 1 aliphatic carbocycles. The van der Waals surface area contributed by atoms with Crippen molar-refractivity contribution in [1.82, 2.24) is 4.98 Å². The molecule has 0 radical (unpaired) electrons. The van der Waals surface area contributed by atoms with Crippen molar-refractivity contribution in [2.45, 2.75) is 0 Å². The van der Waals surface area contributed by atoms with Crippen LogP contribution in [0.15, 0.2) is 6.20 Å². The van der Waals surface area contributed by atoms with Gasteiger partial charge in [0.05, 0.1) is 17.7 Å². The number of hydrogen-bond donors (Lipinski definition) is 2. The number of rotatable bonds is 3. The Kier molecular flexibility index (Phi) is 2.65. The molecule has 1 saturated heterocycles. The number of carboxylic acids is 1. The van der Waals surface area contributed by atoms with Gasteiger partial charge in [-0.15, -0.1) is 0 Å². The second-order valence-corrected chi connectivity index (χ2v) is 7.94. The highest BCUT2D eigenvalue weighted by molar-refractivity contribution is 7.91. The lowest BCUT2D eigenvalue weighted by Crippen LogP contribution is -2.20. The van der Waals surface area contributed by atoms with E-state index in [0.29, 0.717) is 0 Å². The van der Waals surface area contributed by atoms with E-state index in [0.717, 1.165) is 11.3 Å². The summed E-state index contributed by atoms with van der Waals surface area (Å²) in [4.78, 5) is 26.4. The van der Waals surface area contributed by atoms with Gasteiger partial charge < -0.3 is 10.4 Å². The van der Waals surface area contributed by atoms with E-state index in [1.807, 2.05) is 0 Å². The summed E-state index contributed by atoms with van der Waals surface area (Å²) in [5.41, 5.74) is 0. The van der Waals surface area contributed by atoms with Crippen LogP contribution in [-0.2, 0) is 14.6 Å². The molecule has 0 spiro atoms. The molecule has 2 aliphatic rings. The van der Waals surface area contributed by atoms with Crippen LogP contribution in [0, 0.1) is 17.8 Å². The van der Waals surface area contributed by atoms with Gasteiger partial charge in [0.15, 0.2) is 15.0 Å². The van der Waals surface area contributed by atoms with E-state index in [1.54, 1.807) is 0 Å². The van der Waals surface area contributed by atoms with Gasteiger partial charge in [0.2, 0.25) is 5.91 Å². The normalized spacial score (nSPS) is 30.6. The Morgan fingerprint density at radius 2 is 2.00 bits per heavy atom. The van der Waals surface area contributed by atoms with E-state index >= 15 is 0 Å². The third kappa shape index (κ3) is 2.23. The highest BCUT2D eigenvalue weighted by atomic mass is 32.2. The summed E-state index contributed by atoms with van der Waals surface area (Å²) < 4.78 is 22.5. The summed E-state index contributed by atoms with van der Waals surface area (Å²) >= 11 is 0.882. The number of carbonyl (C=O) groups excluding carboxylic acids is 1. The van der Waals surface area contributed by atoms with Crippen LogP contribution in [0.2, 0.25) is 0 Å². The second-order valence-electron chi connectivity index (χ2n) is 4.75. The largest absolute Gasteiger partial charge is 0.477 e. The van der Waals surface area contributed by atoms with Gasteiger partial charge in [0.25, 0.3) is 0 Å². The van der Waals surface area contributed by atoms with E-state index in [9.17, 15) is 18.0 Å². The van der Waals surface area contributed by atoms with Crippen molar-refractivity contribution < 1.29 is 23.1 Å². The van der Waals surface area contributed by atoms with Gasteiger partial charge in [-0.05, 0) is 11.8 Å². The van der Waals surface area contributed by atoms with Crippen molar-refractivity contribution in [3.63, 3.8) is 0 Å². The average molecular weight is 302 g/mol. The Morgan fingerprint density at radius 3 is 2.53 bits per heavy atom. The molecule has 102 valence electrons. The number of carbonyl (C=O) groups is 2. The molecule has 1 amide bonds. The molecule has 9 heteroatoms. The third-order valence-corrected chi connectivity index (χ3v) is 6.16. The first-order valence-electron chi connectivity index (χ1n) is 5.58. The standard InChI is InChI=1S/C10H10N2O5S2/c13-8(7-4-2-19(16,17)3-5(4)7)12-10-11-1-6(18-10)9(14)15/h1,4-5,7H,2-3H2,(H,14,15)(H,11,12,13). The van der Waals surface area contributed by atoms with Crippen LogP contribution >= 0.6 is 11.3 Å². The molecule has 0 bridgehead atoms. The number of aromatic nitrogens is 1. The quantitative estimate of drug-likeness (QED) is 0.817. The number of anilines is 1. The van der Waals surface area contributed by atoms with Crippen LogP contribution < -0.4 is 5.32 Å². The third-order valence-electron chi connectivity index (χ3n) is 3.47. The SMILES string of the molecule is O=C(O)c1cnc(NC(=O)C2C3CS(=O)(=O)CC32)s1. The van der Waals surface area contributed by atoms with Gasteiger partial charge in [-0.25, -0.2) is 18.2 Å². The highest BCUT2D eigenvalue weighted by Gasteiger charge is 2.62. The van der Waals surface area contributed by atoms with Crippen molar-refractivity contribution in [3.05, 3.63) is 11.1 Å². The molecule has 19 heavy (non-hydrogen) atoms. The molecule has 2 heterocycles. The molecule has 3 rings (SSSR count). The van der Waals surface area contributed by atoms with Crippen LogP contribution in [0.1, 0.15) is 9.67 Å². The highest BCUT2D eigenvalue weighted by Crippen LogP contribution is 2.53. The molecule has 1 aliphatic heterocycles. The van der Waals surface area contributed by atoms with Crippen LogP contribution in [0.25, 0.3) is 0 Å². The van der Waals surface area contributed by atoms with Gasteiger partial charge in [-0.1, -0.05) is 11.3 Å². The fourth-order valence-corrected chi connectivity index (χ4v) is 5.44. The fourth-order valence-electron chi connectivity index (χ4n) is 2.56. The molecule has 2 fully saturated rings. The summed E-state index contributed by atoms with van der Waals surface area (Å²) in [6.07, 6.45) is 1.18. The van der Waals surface area contributed by atoms with Crippen molar-refractivity contribution in [1.29, 1.82) is 0 Å². The van der Waals surface area contributed by atoms with Crippen molar-refractivity contribution in [2.24, 2.45) is 17.8 Å². The number of fused-ring (bicyclic) bond motifs is 1. The lowest BCUT2D eigenvalue weighted by molar-refractivity contribution is -0.117. The zero-order chi connectivity index (χ0) is 13.8. The van der Waals surface area contributed by atoms with E-state index in [1.165, 1.54) is 6.20 Å². The fraction of sp³-hybridized carbons (Fsp3) is 0.500. The molecule has 0 aromatic carbocycles. The summed E-state index contributed by atoms with van der Waals surface area (Å²) in [7, 11) is -2.96. The van der Waals surface area contributed by atoms with Crippen LogP contribution in [-0.4, -0.2) is 41.9 Å². The van der Waals surface area contributed by atoms with Crippen LogP contribution in [0.3, 0.4) is 0 Å². The molecule has 7 nitrogen and oxygen atoms in total. The van der Waals surface area contributed by atoms with Gasteiger partial charge >= 0.3 is 5.97 Å². The summed E-state index contributed by atoms with van der Waals surface area (Å²) in [6, 6.07) is 0. The Hall–Kier alpha value is -1.48. The number of thiazole rings is 1. The maximum Gasteiger partial charge on any atom is 0.347 e. The van der Waals surface area contributed by atoms with Crippen LogP contribution in [0.4, 0.5) is 5.13 Å². The Labute approximate surface area is 112 Å². The number of nitrogens with one attached hydrogen (secondary N) is 1. The topological polar surface area (TPSA) is 113 Å². The van der Waals surface area contributed by atoms with Gasteiger partial charge in [0, 0.05) is 5.92 Å². The summed E-state index contributed by atoms with van der Waals surface area (Å²) in [5.74, 6) is -1.64. The maximum atomic E-state index is 11.9. The van der Waals surface area contributed by atoms with E-state index in [-0.39, 0.29) is 45.2 Å². The van der Waals surface area contributed by atoms with Crippen LogP contribution in [0.5, 0.6) is 0 Å². The minimum atomic E-state index is -2.96. The minimum absolute atomic E-state index is 0.0499. The molecule has 1 aromatic rings. The number of sulfone groups is 1. The molecule has 2 atom stereocenters. The Bertz CT molecular complexity index is 647. The van der Waals surface area contributed by atoms with E-state index in [4.69, 9.17) is 5.11 Å². The number of carboxylic acid groups (broad SMARTS) is 1. The average Bonchev–Trinajstić information content (AvgIpc) is 2.70. The lowest BCUT2D eigenvalue weighted by Gasteiger charge is -2.03. The number of amides is 1. The number of nitrogens with zero attached hydrogens (tertiary/aromatic N) is 1. The molecule has 1 aromatic heterocycles. The van der Waals surface area contributed by atoms with E-state index < -0.39 is 15.8 Å². The molecule has 2 unspecified atom stereocenters. The van der Waals surface area contributed by atoms with Crippen molar-refractivity contribution in [2.75, 3.05) is 16.8 Å². The maximum absolute atomic E-state index is 11.9. The van der Waals surface area contributed by atoms with Crippen molar-refractivity contribution >= 4 is 38.2 Å². The lowest BCUT2D eigenvalue weighted by atomic mass is 10.3. The monoisotopic (exact) mass is 302 g/mol. The Morgan fingerprint density at radius 1 is 1.37 bits per heavy atom.